The molecule has 1 aromatic heterocycles. The van der Waals surface area contributed by atoms with E-state index in [0.29, 0.717) is 6.54 Å². The van der Waals surface area contributed by atoms with Crippen molar-refractivity contribution in [2.45, 2.75) is 45.6 Å². The lowest BCUT2D eigenvalue weighted by molar-refractivity contribution is 0.642. The molecule has 1 aromatic carbocycles. The summed E-state index contributed by atoms with van der Waals surface area (Å²) in [6, 6.07) is 6.29. The third-order valence-corrected chi connectivity index (χ3v) is 3.53. The average Bonchev–Trinajstić information content (AvgIpc) is 2.71. The third-order valence-electron chi connectivity index (χ3n) is 3.53. The van der Waals surface area contributed by atoms with Crippen LogP contribution in [0.5, 0.6) is 0 Å². The fourth-order valence-corrected chi connectivity index (χ4v) is 2.35. The van der Waals surface area contributed by atoms with Gasteiger partial charge in [0.2, 0.25) is 0 Å². The van der Waals surface area contributed by atoms with Crippen molar-refractivity contribution in [2.75, 3.05) is 0 Å². The Labute approximate surface area is 109 Å². The lowest BCUT2D eigenvalue weighted by Crippen LogP contribution is -1.99. The number of unbranched alkanes of at least 4 members (excludes halogenated alkanes) is 3. The molecule has 3 nitrogen and oxygen atoms in total. The van der Waals surface area contributed by atoms with Crippen LogP contribution in [0.4, 0.5) is 0 Å². The molecular weight excluding hydrogens is 222 g/mol. The van der Waals surface area contributed by atoms with E-state index in [0.717, 1.165) is 11.9 Å². The Bertz CT molecular complexity index is 514. The highest BCUT2D eigenvalue weighted by molar-refractivity contribution is 5.76. The predicted octanol–water partition coefficient (Wildman–Crippen LogP) is 3.15. The zero-order valence-corrected chi connectivity index (χ0v) is 11.4. The van der Waals surface area contributed by atoms with Crippen LogP contribution < -0.4 is 5.73 Å². The van der Waals surface area contributed by atoms with Gasteiger partial charge in [-0.15, -0.1) is 0 Å². The Balaban J connectivity index is 2.16. The zero-order chi connectivity index (χ0) is 13.0. The topological polar surface area (TPSA) is 43.8 Å². The van der Waals surface area contributed by atoms with Crippen LogP contribution in [0.25, 0.3) is 11.0 Å². The number of benzene rings is 1. The van der Waals surface area contributed by atoms with Gasteiger partial charge in [-0.3, -0.25) is 0 Å². The largest absolute Gasteiger partial charge is 0.331 e. The maximum absolute atomic E-state index is 5.68. The van der Waals surface area contributed by atoms with Crippen LogP contribution in [0.15, 0.2) is 18.2 Å². The average molecular weight is 245 g/mol. The molecule has 3 heteroatoms. The first-order valence-corrected chi connectivity index (χ1v) is 6.90. The van der Waals surface area contributed by atoms with Crippen molar-refractivity contribution >= 4 is 11.0 Å². The molecule has 0 fully saturated rings. The highest BCUT2D eigenvalue weighted by Gasteiger charge is 2.07. The molecule has 2 rings (SSSR count). The first-order valence-electron chi connectivity index (χ1n) is 6.90. The van der Waals surface area contributed by atoms with Crippen LogP contribution in [0, 0.1) is 0 Å². The molecule has 18 heavy (non-hydrogen) atoms. The van der Waals surface area contributed by atoms with Crippen LogP contribution >= 0.6 is 0 Å². The van der Waals surface area contributed by atoms with Crippen molar-refractivity contribution in [1.82, 2.24) is 9.55 Å². The molecule has 0 amide bonds. The number of aryl methyl sites for hydroxylation is 2. The minimum atomic E-state index is 0.590. The highest BCUT2D eigenvalue weighted by atomic mass is 15.1. The summed E-state index contributed by atoms with van der Waals surface area (Å²) in [6.45, 7) is 2.83. The number of hydrogen-bond donors (Lipinski definition) is 1. The standard InChI is InChI=1S/C15H23N3/c1-3-4-5-6-7-15-17-13-9-8-12(11-16)10-14(13)18(15)2/h8-10H,3-7,11,16H2,1-2H3. The van der Waals surface area contributed by atoms with Crippen LogP contribution in [-0.2, 0) is 20.0 Å². The van der Waals surface area contributed by atoms with Crippen LogP contribution in [-0.4, -0.2) is 9.55 Å². The number of rotatable bonds is 6. The summed E-state index contributed by atoms with van der Waals surface area (Å²) < 4.78 is 2.21. The second kappa shape index (κ2) is 6.01. The van der Waals surface area contributed by atoms with Gasteiger partial charge >= 0.3 is 0 Å². The summed E-state index contributed by atoms with van der Waals surface area (Å²) in [7, 11) is 2.10. The van der Waals surface area contributed by atoms with Gasteiger partial charge in [-0.25, -0.2) is 4.98 Å². The summed E-state index contributed by atoms with van der Waals surface area (Å²) in [6.07, 6.45) is 6.20. The van der Waals surface area contributed by atoms with E-state index in [1.807, 2.05) is 0 Å². The monoisotopic (exact) mass is 245 g/mol. The summed E-state index contributed by atoms with van der Waals surface area (Å²) in [5, 5.41) is 0. The Morgan fingerprint density at radius 2 is 2.06 bits per heavy atom. The molecule has 0 spiro atoms. The molecule has 0 aliphatic heterocycles. The van der Waals surface area contributed by atoms with Crippen molar-refractivity contribution in [2.24, 2.45) is 12.8 Å². The highest BCUT2D eigenvalue weighted by Crippen LogP contribution is 2.18. The first-order chi connectivity index (χ1) is 8.76. The molecule has 1 heterocycles. The molecular formula is C15H23N3. The zero-order valence-electron chi connectivity index (χ0n) is 11.4. The molecule has 0 atom stereocenters. The third kappa shape index (κ3) is 2.72. The van der Waals surface area contributed by atoms with E-state index in [1.54, 1.807) is 0 Å². The van der Waals surface area contributed by atoms with Crippen molar-refractivity contribution in [3.8, 4) is 0 Å². The molecule has 0 aliphatic carbocycles. The number of hydrogen-bond acceptors (Lipinski definition) is 2. The first kappa shape index (κ1) is 13.1. The molecule has 0 unspecified atom stereocenters. The lowest BCUT2D eigenvalue weighted by Gasteiger charge is -2.02. The Hall–Kier alpha value is -1.35. The molecule has 2 N–H and O–H groups in total. The summed E-state index contributed by atoms with van der Waals surface area (Å²) >= 11 is 0. The SMILES string of the molecule is CCCCCCc1nc2ccc(CN)cc2n1C. The molecule has 0 bridgehead atoms. The molecule has 0 saturated carbocycles. The van der Waals surface area contributed by atoms with Crippen LogP contribution in [0.1, 0.15) is 44.0 Å². The lowest BCUT2D eigenvalue weighted by atomic mass is 10.1. The van der Waals surface area contributed by atoms with E-state index in [2.05, 4.69) is 36.7 Å². The number of imidazole rings is 1. The van der Waals surface area contributed by atoms with Gasteiger partial charge in [-0.1, -0.05) is 32.3 Å². The van der Waals surface area contributed by atoms with E-state index in [9.17, 15) is 0 Å². The Kier molecular flexibility index (Phi) is 4.37. The molecule has 0 saturated heterocycles. The maximum Gasteiger partial charge on any atom is 0.109 e. The van der Waals surface area contributed by atoms with Gasteiger partial charge in [0.15, 0.2) is 0 Å². The predicted molar refractivity (Wildman–Crippen MR) is 76.5 cm³/mol. The van der Waals surface area contributed by atoms with Crippen molar-refractivity contribution in [1.29, 1.82) is 0 Å². The number of fused-ring (bicyclic) bond motifs is 1. The Morgan fingerprint density at radius 3 is 2.78 bits per heavy atom. The van der Waals surface area contributed by atoms with Gasteiger partial charge in [-0.05, 0) is 24.1 Å². The number of nitrogens with two attached hydrogens (primary N) is 1. The minimum absolute atomic E-state index is 0.590. The van der Waals surface area contributed by atoms with E-state index in [-0.39, 0.29) is 0 Å². The molecule has 98 valence electrons. The van der Waals surface area contributed by atoms with Crippen molar-refractivity contribution in [3.63, 3.8) is 0 Å². The quantitative estimate of drug-likeness (QED) is 0.794. The van der Waals surface area contributed by atoms with Crippen molar-refractivity contribution < 1.29 is 0 Å². The number of aromatic nitrogens is 2. The van der Waals surface area contributed by atoms with Gasteiger partial charge < -0.3 is 10.3 Å². The van der Waals surface area contributed by atoms with Gasteiger partial charge in [0.1, 0.15) is 5.82 Å². The minimum Gasteiger partial charge on any atom is -0.331 e. The summed E-state index contributed by atoms with van der Waals surface area (Å²) in [5.41, 5.74) is 9.13. The van der Waals surface area contributed by atoms with Gasteiger partial charge in [0.25, 0.3) is 0 Å². The maximum atomic E-state index is 5.68. The van der Waals surface area contributed by atoms with E-state index < -0.39 is 0 Å². The van der Waals surface area contributed by atoms with E-state index in [1.165, 1.54) is 42.6 Å². The van der Waals surface area contributed by atoms with E-state index >= 15 is 0 Å². The fourth-order valence-electron chi connectivity index (χ4n) is 2.35. The second-order valence-corrected chi connectivity index (χ2v) is 4.92. The normalized spacial score (nSPS) is 11.3. The molecule has 2 aromatic rings. The van der Waals surface area contributed by atoms with Gasteiger partial charge in [-0.2, -0.15) is 0 Å². The molecule has 0 aliphatic rings. The van der Waals surface area contributed by atoms with Gasteiger partial charge in [0, 0.05) is 20.0 Å². The van der Waals surface area contributed by atoms with Crippen molar-refractivity contribution in [3.05, 3.63) is 29.6 Å². The summed E-state index contributed by atoms with van der Waals surface area (Å²) in [5.74, 6) is 1.19. The Morgan fingerprint density at radius 1 is 1.22 bits per heavy atom. The van der Waals surface area contributed by atoms with Crippen LogP contribution in [0.2, 0.25) is 0 Å². The van der Waals surface area contributed by atoms with Crippen LogP contribution in [0.3, 0.4) is 0 Å². The second-order valence-electron chi connectivity index (χ2n) is 4.92. The molecule has 0 radical (unpaired) electrons. The number of nitrogens with zero attached hydrogens (tertiary/aromatic N) is 2. The smallest absolute Gasteiger partial charge is 0.109 e. The summed E-state index contributed by atoms with van der Waals surface area (Å²) in [4.78, 5) is 4.71. The van der Waals surface area contributed by atoms with E-state index in [4.69, 9.17) is 10.7 Å². The fraction of sp³-hybridized carbons (Fsp3) is 0.533. The van der Waals surface area contributed by atoms with Gasteiger partial charge in [0.05, 0.1) is 11.0 Å².